The summed E-state index contributed by atoms with van der Waals surface area (Å²) < 4.78 is 0. The lowest BCUT2D eigenvalue weighted by molar-refractivity contribution is 0.403. The molecule has 0 atom stereocenters. The van der Waals surface area contributed by atoms with Crippen molar-refractivity contribution in [2.24, 2.45) is 4.99 Å². The maximum Gasteiger partial charge on any atom is 0.166 e. The number of hydrogen-bond acceptors (Lipinski definition) is 3. The second-order valence-corrected chi connectivity index (χ2v) is 4.74. The zero-order chi connectivity index (χ0) is 14.4. The van der Waals surface area contributed by atoms with Crippen LogP contribution in [0.25, 0.3) is 0 Å². The Labute approximate surface area is 119 Å². The average Bonchev–Trinajstić information content (AvgIpc) is 2.48. The first-order valence-corrected chi connectivity index (χ1v) is 6.84. The molecule has 0 fully saturated rings. The number of benzene rings is 2. The van der Waals surface area contributed by atoms with Gasteiger partial charge in [0.05, 0.1) is 5.69 Å². The standard InChI is InChI=1S/C17H19NO2/c1-2-3-5-13-8-10-15(11-9-13)18-12-14-6-4-7-16(19)17(14)20/h4,6-12,19-20H,2-3,5H2,1H3. The summed E-state index contributed by atoms with van der Waals surface area (Å²) >= 11 is 0. The summed E-state index contributed by atoms with van der Waals surface area (Å²) in [5.74, 6) is -0.278. The van der Waals surface area contributed by atoms with Crippen LogP contribution in [0.4, 0.5) is 5.69 Å². The molecule has 0 aromatic heterocycles. The third-order valence-corrected chi connectivity index (χ3v) is 3.15. The molecule has 0 amide bonds. The van der Waals surface area contributed by atoms with Crippen molar-refractivity contribution in [2.45, 2.75) is 26.2 Å². The molecule has 0 aliphatic carbocycles. The number of unbranched alkanes of at least 4 members (excludes halogenated alkanes) is 1. The summed E-state index contributed by atoms with van der Waals surface area (Å²) in [7, 11) is 0. The molecular formula is C17H19NO2. The molecule has 3 nitrogen and oxygen atoms in total. The Kier molecular flexibility index (Phi) is 4.77. The molecule has 3 heteroatoms. The van der Waals surface area contributed by atoms with E-state index in [9.17, 15) is 10.2 Å². The Morgan fingerprint density at radius 1 is 1.05 bits per heavy atom. The maximum atomic E-state index is 9.68. The van der Waals surface area contributed by atoms with Gasteiger partial charge in [0.1, 0.15) is 0 Å². The van der Waals surface area contributed by atoms with Crippen molar-refractivity contribution in [3.05, 3.63) is 53.6 Å². The van der Waals surface area contributed by atoms with Gasteiger partial charge >= 0.3 is 0 Å². The molecule has 0 saturated heterocycles. The first-order valence-electron chi connectivity index (χ1n) is 6.84. The predicted octanol–water partition coefficient (Wildman–Crippen LogP) is 4.19. The lowest BCUT2D eigenvalue weighted by Crippen LogP contribution is -1.84. The highest BCUT2D eigenvalue weighted by molar-refractivity contribution is 5.86. The molecule has 0 saturated carbocycles. The van der Waals surface area contributed by atoms with E-state index >= 15 is 0 Å². The fraction of sp³-hybridized carbons (Fsp3) is 0.235. The van der Waals surface area contributed by atoms with E-state index in [0.717, 1.165) is 12.1 Å². The number of para-hydroxylation sites is 1. The molecule has 0 spiro atoms. The van der Waals surface area contributed by atoms with E-state index in [4.69, 9.17) is 0 Å². The van der Waals surface area contributed by atoms with Gasteiger partial charge in [-0.15, -0.1) is 0 Å². The molecule has 0 bridgehead atoms. The van der Waals surface area contributed by atoms with Crippen molar-refractivity contribution in [2.75, 3.05) is 0 Å². The lowest BCUT2D eigenvalue weighted by Gasteiger charge is -2.02. The van der Waals surface area contributed by atoms with Gasteiger partial charge in [0, 0.05) is 11.8 Å². The summed E-state index contributed by atoms with van der Waals surface area (Å²) in [5, 5.41) is 19.1. The fourth-order valence-corrected chi connectivity index (χ4v) is 1.93. The summed E-state index contributed by atoms with van der Waals surface area (Å²) in [6.07, 6.45) is 5.03. The summed E-state index contributed by atoms with van der Waals surface area (Å²) in [6, 6.07) is 12.9. The van der Waals surface area contributed by atoms with Gasteiger partial charge < -0.3 is 10.2 Å². The van der Waals surface area contributed by atoms with Crippen molar-refractivity contribution in [1.29, 1.82) is 0 Å². The summed E-state index contributed by atoms with van der Waals surface area (Å²) in [5.41, 5.74) is 2.64. The van der Waals surface area contributed by atoms with Gasteiger partial charge in [-0.05, 0) is 42.7 Å². The largest absolute Gasteiger partial charge is 0.504 e. The third kappa shape index (κ3) is 3.60. The summed E-state index contributed by atoms with van der Waals surface area (Å²) in [6.45, 7) is 2.18. The number of phenolic OH excluding ortho intramolecular Hbond substituents is 2. The van der Waals surface area contributed by atoms with E-state index < -0.39 is 0 Å². The number of aliphatic imine (C=N–C) groups is 1. The molecule has 104 valence electrons. The minimum Gasteiger partial charge on any atom is -0.504 e. The maximum absolute atomic E-state index is 9.68. The van der Waals surface area contributed by atoms with E-state index in [1.54, 1.807) is 18.3 Å². The Hall–Kier alpha value is -2.29. The zero-order valence-corrected chi connectivity index (χ0v) is 11.6. The van der Waals surface area contributed by atoms with Crippen LogP contribution in [-0.2, 0) is 6.42 Å². The van der Waals surface area contributed by atoms with Gasteiger partial charge in [-0.2, -0.15) is 0 Å². The summed E-state index contributed by atoms with van der Waals surface area (Å²) in [4.78, 5) is 4.30. The van der Waals surface area contributed by atoms with Crippen molar-refractivity contribution < 1.29 is 10.2 Å². The van der Waals surface area contributed by atoms with Crippen LogP contribution < -0.4 is 0 Å². The smallest absolute Gasteiger partial charge is 0.166 e. The molecular weight excluding hydrogens is 250 g/mol. The molecule has 20 heavy (non-hydrogen) atoms. The molecule has 2 N–H and O–H groups in total. The van der Waals surface area contributed by atoms with E-state index in [-0.39, 0.29) is 11.5 Å². The van der Waals surface area contributed by atoms with E-state index in [1.807, 2.05) is 12.1 Å². The molecule has 2 rings (SSSR count). The number of aryl methyl sites for hydroxylation is 1. The number of phenols is 2. The van der Waals surface area contributed by atoms with E-state index in [1.165, 1.54) is 24.5 Å². The second kappa shape index (κ2) is 6.75. The fourth-order valence-electron chi connectivity index (χ4n) is 1.93. The minimum atomic E-state index is -0.143. The number of hydrogen-bond donors (Lipinski definition) is 2. The average molecular weight is 269 g/mol. The SMILES string of the molecule is CCCCc1ccc(N=Cc2cccc(O)c2O)cc1. The molecule has 0 heterocycles. The number of aromatic hydroxyl groups is 2. The van der Waals surface area contributed by atoms with Crippen molar-refractivity contribution in [3.63, 3.8) is 0 Å². The van der Waals surface area contributed by atoms with Crippen molar-refractivity contribution in [3.8, 4) is 11.5 Å². The van der Waals surface area contributed by atoms with Gasteiger partial charge in [-0.1, -0.05) is 31.5 Å². The lowest BCUT2D eigenvalue weighted by atomic mass is 10.1. The van der Waals surface area contributed by atoms with Crippen molar-refractivity contribution >= 4 is 11.9 Å². The van der Waals surface area contributed by atoms with Crippen LogP contribution in [0.1, 0.15) is 30.9 Å². The molecule has 2 aromatic carbocycles. The van der Waals surface area contributed by atoms with Gasteiger partial charge in [0.15, 0.2) is 11.5 Å². The van der Waals surface area contributed by atoms with Crippen LogP contribution in [0.15, 0.2) is 47.5 Å². The molecule has 0 unspecified atom stereocenters. The zero-order valence-electron chi connectivity index (χ0n) is 11.6. The van der Waals surface area contributed by atoms with Crippen LogP contribution in [0.2, 0.25) is 0 Å². The molecule has 0 radical (unpaired) electrons. The third-order valence-electron chi connectivity index (χ3n) is 3.15. The molecule has 0 aliphatic rings. The minimum absolute atomic E-state index is 0.135. The highest BCUT2D eigenvalue weighted by Gasteiger charge is 2.02. The Morgan fingerprint density at radius 3 is 2.50 bits per heavy atom. The number of rotatable bonds is 5. The van der Waals surface area contributed by atoms with Crippen LogP contribution in [0, 0.1) is 0 Å². The Balaban J connectivity index is 2.09. The topological polar surface area (TPSA) is 52.8 Å². The van der Waals surface area contributed by atoms with Gasteiger partial charge in [-0.3, -0.25) is 4.99 Å². The van der Waals surface area contributed by atoms with E-state index in [0.29, 0.717) is 5.56 Å². The Bertz CT molecular complexity index is 588. The quantitative estimate of drug-likeness (QED) is 0.631. The van der Waals surface area contributed by atoms with Gasteiger partial charge in [0.25, 0.3) is 0 Å². The predicted molar refractivity (Wildman–Crippen MR) is 82.1 cm³/mol. The van der Waals surface area contributed by atoms with Gasteiger partial charge in [0.2, 0.25) is 0 Å². The van der Waals surface area contributed by atoms with E-state index in [2.05, 4.69) is 24.0 Å². The molecule has 2 aromatic rings. The molecule has 0 aliphatic heterocycles. The van der Waals surface area contributed by atoms with Crippen LogP contribution in [-0.4, -0.2) is 16.4 Å². The second-order valence-electron chi connectivity index (χ2n) is 4.74. The Morgan fingerprint density at radius 2 is 1.80 bits per heavy atom. The van der Waals surface area contributed by atoms with Gasteiger partial charge in [-0.25, -0.2) is 0 Å². The van der Waals surface area contributed by atoms with Crippen LogP contribution in [0.3, 0.4) is 0 Å². The normalized spacial score (nSPS) is 11.1. The van der Waals surface area contributed by atoms with Crippen LogP contribution in [0.5, 0.6) is 11.5 Å². The number of nitrogens with zero attached hydrogens (tertiary/aromatic N) is 1. The van der Waals surface area contributed by atoms with Crippen LogP contribution >= 0.6 is 0 Å². The van der Waals surface area contributed by atoms with Crippen molar-refractivity contribution in [1.82, 2.24) is 0 Å². The first kappa shape index (κ1) is 14.1. The highest BCUT2D eigenvalue weighted by Crippen LogP contribution is 2.27. The first-order chi connectivity index (χ1) is 9.70. The monoisotopic (exact) mass is 269 g/mol. The highest BCUT2D eigenvalue weighted by atomic mass is 16.3.